The summed E-state index contributed by atoms with van der Waals surface area (Å²) in [5.41, 5.74) is 2.04. The highest BCUT2D eigenvalue weighted by atomic mass is 35.5. The molecule has 0 amide bonds. The van der Waals surface area contributed by atoms with Crippen molar-refractivity contribution in [3.05, 3.63) is 28.3 Å². The average Bonchev–Trinajstić information content (AvgIpc) is 2.61. The van der Waals surface area contributed by atoms with Crippen molar-refractivity contribution in [3.8, 4) is 5.75 Å². The molecular weight excluding hydrogens is 224 g/mol. The fourth-order valence-electron chi connectivity index (χ4n) is 2.19. The van der Waals surface area contributed by atoms with Crippen LogP contribution in [0, 0.1) is 13.8 Å². The van der Waals surface area contributed by atoms with E-state index in [1.54, 1.807) is 0 Å². The molecule has 3 heteroatoms. The minimum absolute atomic E-state index is 0.0556. The van der Waals surface area contributed by atoms with Crippen molar-refractivity contribution in [2.75, 3.05) is 0 Å². The molecule has 0 aliphatic heterocycles. The fraction of sp³-hybridized carbons (Fsp3) is 0.538. The maximum Gasteiger partial charge on any atom is 0.124 e. The second-order valence-corrected chi connectivity index (χ2v) is 4.90. The zero-order chi connectivity index (χ0) is 11.7. The summed E-state index contributed by atoms with van der Waals surface area (Å²) in [6.45, 7) is 3.93. The summed E-state index contributed by atoms with van der Waals surface area (Å²) in [5, 5.41) is 10.5. The minimum Gasteiger partial charge on any atom is -0.488 e. The van der Waals surface area contributed by atoms with E-state index in [2.05, 4.69) is 0 Å². The van der Waals surface area contributed by atoms with Gasteiger partial charge in [0, 0.05) is 5.02 Å². The van der Waals surface area contributed by atoms with Gasteiger partial charge in [-0.15, -0.1) is 0 Å². The highest BCUT2D eigenvalue weighted by Gasteiger charge is 2.27. The second-order valence-electron chi connectivity index (χ2n) is 4.53. The molecule has 0 heterocycles. The van der Waals surface area contributed by atoms with E-state index >= 15 is 0 Å². The quantitative estimate of drug-likeness (QED) is 0.860. The third kappa shape index (κ3) is 2.33. The van der Waals surface area contributed by atoms with Gasteiger partial charge in [0.2, 0.25) is 0 Å². The van der Waals surface area contributed by atoms with E-state index in [0.717, 1.165) is 41.2 Å². The Morgan fingerprint density at radius 2 is 1.88 bits per heavy atom. The number of aliphatic hydroxyl groups excluding tert-OH is 1. The molecule has 1 aliphatic rings. The zero-order valence-electron chi connectivity index (χ0n) is 9.66. The van der Waals surface area contributed by atoms with E-state index in [0.29, 0.717) is 0 Å². The van der Waals surface area contributed by atoms with Crippen molar-refractivity contribution in [3.63, 3.8) is 0 Å². The molecule has 1 aliphatic carbocycles. The van der Waals surface area contributed by atoms with Crippen molar-refractivity contribution >= 4 is 11.6 Å². The molecule has 1 aromatic carbocycles. The minimum atomic E-state index is -0.323. The number of ether oxygens (including phenoxy) is 1. The molecule has 2 atom stereocenters. The normalized spacial score (nSPS) is 24.8. The lowest BCUT2D eigenvalue weighted by Gasteiger charge is -2.18. The van der Waals surface area contributed by atoms with Crippen molar-refractivity contribution in [2.24, 2.45) is 0 Å². The summed E-state index contributed by atoms with van der Waals surface area (Å²) >= 11 is 6.09. The number of halogens is 1. The third-order valence-electron chi connectivity index (χ3n) is 3.12. The Kier molecular flexibility index (Phi) is 3.41. The standard InChI is InChI=1S/C13H17ClO2/c1-8-6-10(7-9(2)13(8)14)16-12-5-3-4-11(12)15/h6-7,11-12,15H,3-5H2,1-2H3/t11-,12-/m1/s1. The number of rotatable bonds is 2. The molecule has 16 heavy (non-hydrogen) atoms. The summed E-state index contributed by atoms with van der Waals surface area (Å²) in [6, 6.07) is 3.86. The maximum atomic E-state index is 9.69. The third-order valence-corrected chi connectivity index (χ3v) is 3.71. The van der Waals surface area contributed by atoms with Gasteiger partial charge in [0.1, 0.15) is 11.9 Å². The van der Waals surface area contributed by atoms with Crippen LogP contribution in [0.1, 0.15) is 30.4 Å². The van der Waals surface area contributed by atoms with Crippen molar-refractivity contribution in [1.82, 2.24) is 0 Å². The highest BCUT2D eigenvalue weighted by molar-refractivity contribution is 6.32. The van der Waals surface area contributed by atoms with Gasteiger partial charge in [0.05, 0.1) is 6.10 Å². The van der Waals surface area contributed by atoms with Crippen LogP contribution < -0.4 is 4.74 Å². The summed E-state index contributed by atoms with van der Waals surface area (Å²) < 4.78 is 5.80. The first-order valence-electron chi connectivity index (χ1n) is 5.69. The van der Waals surface area contributed by atoms with Crippen molar-refractivity contribution in [1.29, 1.82) is 0 Å². The van der Waals surface area contributed by atoms with E-state index in [9.17, 15) is 5.11 Å². The molecule has 0 bridgehead atoms. The first kappa shape index (κ1) is 11.7. The van der Waals surface area contributed by atoms with Gasteiger partial charge in [-0.2, -0.15) is 0 Å². The van der Waals surface area contributed by atoms with Gasteiger partial charge in [-0.05, 0) is 56.4 Å². The molecule has 2 nitrogen and oxygen atoms in total. The lowest BCUT2D eigenvalue weighted by Crippen LogP contribution is -2.25. The predicted octanol–water partition coefficient (Wildman–Crippen LogP) is 3.25. The topological polar surface area (TPSA) is 29.5 Å². The van der Waals surface area contributed by atoms with Gasteiger partial charge in [-0.25, -0.2) is 0 Å². The average molecular weight is 241 g/mol. The Morgan fingerprint density at radius 3 is 2.38 bits per heavy atom. The molecule has 1 N–H and O–H groups in total. The van der Waals surface area contributed by atoms with Crippen LogP contribution in [0.25, 0.3) is 0 Å². The van der Waals surface area contributed by atoms with Gasteiger partial charge in [0.25, 0.3) is 0 Å². The molecule has 0 aromatic heterocycles. The number of aliphatic hydroxyl groups is 1. The zero-order valence-corrected chi connectivity index (χ0v) is 10.4. The van der Waals surface area contributed by atoms with Crippen LogP contribution in [0.5, 0.6) is 5.75 Å². The molecular formula is C13H17ClO2. The maximum absolute atomic E-state index is 9.69. The lowest BCUT2D eigenvalue weighted by atomic mass is 10.1. The van der Waals surface area contributed by atoms with Gasteiger partial charge >= 0.3 is 0 Å². The van der Waals surface area contributed by atoms with Crippen LogP contribution in [-0.4, -0.2) is 17.3 Å². The molecule has 0 spiro atoms. The molecule has 1 saturated carbocycles. The van der Waals surface area contributed by atoms with Crippen LogP contribution in [0.4, 0.5) is 0 Å². The van der Waals surface area contributed by atoms with Crippen LogP contribution in [0.15, 0.2) is 12.1 Å². The lowest BCUT2D eigenvalue weighted by molar-refractivity contribution is 0.0603. The van der Waals surface area contributed by atoms with Crippen molar-refractivity contribution < 1.29 is 9.84 Å². The van der Waals surface area contributed by atoms with Gasteiger partial charge in [0.15, 0.2) is 0 Å². The molecule has 88 valence electrons. The fourth-order valence-corrected chi connectivity index (χ4v) is 2.30. The summed E-state index contributed by atoms with van der Waals surface area (Å²) in [6.07, 6.45) is 2.44. The Balaban J connectivity index is 2.15. The summed E-state index contributed by atoms with van der Waals surface area (Å²) in [7, 11) is 0. The Morgan fingerprint density at radius 1 is 1.25 bits per heavy atom. The van der Waals surface area contributed by atoms with Crippen LogP contribution >= 0.6 is 11.6 Å². The highest BCUT2D eigenvalue weighted by Crippen LogP contribution is 2.29. The van der Waals surface area contributed by atoms with E-state index in [4.69, 9.17) is 16.3 Å². The second kappa shape index (κ2) is 4.64. The molecule has 0 radical (unpaired) electrons. The number of hydrogen-bond donors (Lipinski definition) is 1. The largest absolute Gasteiger partial charge is 0.488 e. The predicted molar refractivity (Wildman–Crippen MR) is 65.2 cm³/mol. The smallest absolute Gasteiger partial charge is 0.124 e. The van der Waals surface area contributed by atoms with Gasteiger partial charge in [-0.3, -0.25) is 0 Å². The Hall–Kier alpha value is -0.730. The van der Waals surface area contributed by atoms with Crippen LogP contribution in [0.2, 0.25) is 5.02 Å². The molecule has 1 aromatic rings. The van der Waals surface area contributed by atoms with Crippen LogP contribution in [0.3, 0.4) is 0 Å². The molecule has 1 fully saturated rings. The van der Waals surface area contributed by atoms with E-state index in [-0.39, 0.29) is 12.2 Å². The first-order chi connectivity index (χ1) is 7.58. The molecule has 2 rings (SSSR count). The van der Waals surface area contributed by atoms with Crippen LogP contribution in [-0.2, 0) is 0 Å². The Labute approximate surface area is 101 Å². The van der Waals surface area contributed by atoms with E-state index < -0.39 is 0 Å². The monoisotopic (exact) mass is 240 g/mol. The first-order valence-corrected chi connectivity index (χ1v) is 6.07. The SMILES string of the molecule is Cc1cc(O[C@@H]2CCC[C@H]2O)cc(C)c1Cl. The Bertz CT molecular complexity index is 367. The van der Waals surface area contributed by atoms with Gasteiger partial charge < -0.3 is 9.84 Å². The van der Waals surface area contributed by atoms with Gasteiger partial charge in [-0.1, -0.05) is 11.6 Å². The van der Waals surface area contributed by atoms with Crippen molar-refractivity contribution in [2.45, 2.75) is 45.3 Å². The van der Waals surface area contributed by atoms with E-state index in [1.165, 1.54) is 0 Å². The summed E-state index contributed by atoms with van der Waals surface area (Å²) in [5.74, 6) is 0.811. The summed E-state index contributed by atoms with van der Waals surface area (Å²) in [4.78, 5) is 0. The number of aryl methyl sites for hydroxylation is 2. The van der Waals surface area contributed by atoms with E-state index in [1.807, 2.05) is 26.0 Å². The number of benzene rings is 1. The molecule has 0 saturated heterocycles. The number of hydrogen-bond acceptors (Lipinski definition) is 2. The molecule has 0 unspecified atom stereocenters.